The second-order valence-electron chi connectivity index (χ2n) is 9.22. The number of piperazine rings is 1. The highest BCUT2D eigenvalue weighted by Crippen LogP contribution is 2.27. The SMILES string of the molecule is CCN1CCN(c2ccccc2NC(=O)c2ccc(S(=O)(=O)NCCCN3CCCC3)cc2)CC1. The number of nitrogens with zero attached hydrogens (tertiary/aromatic N) is 3. The molecule has 190 valence electrons. The van der Waals surface area contributed by atoms with E-state index in [1.165, 1.54) is 25.0 Å². The first-order chi connectivity index (χ1) is 17.0. The molecule has 0 unspecified atom stereocenters. The molecule has 2 heterocycles. The Morgan fingerprint density at radius 1 is 0.886 bits per heavy atom. The lowest BCUT2D eigenvalue weighted by Gasteiger charge is -2.36. The molecule has 8 nitrogen and oxygen atoms in total. The Morgan fingerprint density at radius 3 is 2.26 bits per heavy atom. The van der Waals surface area contributed by atoms with E-state index in [2.05, 4.69) is 31.7 Å². The lowest BCUT2D eigenvalue weighted by molar-refractivity contribution is 0.102. The summed E-state index contributed by atoms with van der Waals surface area (Å²) >= 11 is 0. The molecule has 4 rings (SSSR count). The fourth-order valence-electron chi connectivity index (χ4n) is 4.74. The van der Waals surface area contributed by atoms with Crippen molar-refractivity contribution in [1.82, 2.24) is 14.5 Å². The second kappa shape index (κ2) is 12.0. The quantitative estimate of drug-likeness (QED) is 0.489. The zero-order chi connectivity index (χ0) is 24.7. The van der Waals surface area contributed by atoms with E-state index in [9.17, 15) is 13.2 Å². The molecule has 2 aliphatic heterocycles. The average Bonchev–Trinajstić information content (AvgIpc) is 3.41. The number of carbonyl (C=O) groups is 1. The number of benzene rings is 2. The van der Waals surface area contributed by atoms with Crippen LogP contribution in [0.1, 0.15) is 36.5 Å². The van der Waals surface area contributed by atoms with Gasteiger partial charge in [0.25, 0.3) is 5.91 Å². The summed E-state index contributed by atoms with van der Waals surface area (Å²) in [7, 11) is -3.60. The number of anilines is 2. The molecular weight excluding hydrogens is 462 g/mol. The third-order valence-corrected chi connectivity index (χ3v) is 8.36. The number of hydrogen-bond donors (Lipinski definition) is 2. The third-order valence-electron chi connectivity index (χ3n) is 6.88. The van der Waals surface area contributed by atoms with Gasteiger partial charge >= 0.3 is 0 Å². The number of carbonyl (C=O) groups excluding carboxylic acids is 1. The highest BCUT2D eigenvalue weighted by atomic mass is 32.2. The Balaban J connectivity index is 1.33. The minimum Gasteiger partial charge on any atom is -0.367 e. The van der Waals surface area contributed by atoms with E-state index >= 15 is 0 Å². The maximum Gasteiger partial charge on any atom is 0.255 e. The van der Waals surface area contributed by atoms with Crippen molar-refractivity contribution in [3.8, 4) is 0 Å². The Bertz CT molecular complexity index is 1080. The zero-order valence-electron chi connectivity index (χ0n) is 20.6. The molecule has 2 aliphatic rings. The van der Waals surface area contributed by atoms with Crippen LogP contribution in [-0.2, 0) is 10.0 Å². The molecule has 2 saturated heterocycles. The Labute approximate surface area is 209 Å². The van der Waals surface area contributed by atoms with E-state index in [1.807, 2.05) is 24.3 Å². The van der Waals surface area contributed by atoms with Crippen LogP contribution in [0.25, 0.3) is 0 Å². The molecule has 35 heavy (non-hydrogen) atoms. The summed E-state index contributed by atoms with van der Waals surface area (Å²) in [6.45, 7) is 10.6. The molecule has 0 bridgehead atoms. The van der Waals surface area contributed by atoms with E-state index in [4.69, 9.17) is 0 Å². The van der Waals surface area contributed by atoms with Gasteiger partial charge in [0.15, 0.2) is 0 Å². The van der Waals surface area contributed by atoms with Gasteiger partial charge in [-0.05, 0) is 81.8 Å². The van der Waals surface area contributed by atoms with Crippen LogP contribution in [0.2, 0.25) is 0 Å². The normalized spacial score (nSPS) is 17.6. The van der Waals surface area contributed by atoms with Gasteiger partial charge in [0, 0.05) is 38.3 Å². The Hall–Kier alpha value is -2.46. The number of para-hydroxylation sites is 2. The molecule has 0 aliphatic carbocycles. The molecule has 9 heteroatoms. The van der Waals surface area contributed by atoms with Gasteiger partial charge in [-0.2, -0.15) is 0 Å². The topological polar surface area (TPSA) is 85.0 Å². The maximum absolute atomic E-state index is 12.9. The van der Waals surface area contributed by atoms with Crippen LogP contribution in [0.5, 0.6) is 0 Å². The van der Waals surface area contributed by atoms with Crippen LogP contribution < -0.4 is 14.9 Å². The molecule has 0 atom stereocenters. The van der Waals surface area contributed by atoms with Crippen molar-refractivity contribution >= 4 is 27.3 Å². The first kappa shape index (κ1) is 25.6. The van der Waals surface area contributed by atoms with Crippen LogP contribution in [-0.4, -0.2) is 83.0 Å². The number of hydrogen-bond acceptors (Lipinski definition) is 6. The molecule has 2 aromatic carbocycles. The van der Waals surface area contributed by atoms with Crippen molar-refractivity contribution in [3.63, 3.8) is 0 Å². The van der Waals surface area contributed by atoms with E-state index in [0.29, 0.717) is 12.1 Å². The highest BCUT2D eigenvalue weighted by Gasteiger charge is 2.20. The van der Waals surface area contributed by atoms with Gasteiger partial charge in [0.05, 0.1) is 16.3 Å². The van der Waals surface area contributed by atoms with Crippen LogP contribution in [0.3, 0.4) is 0 Å². The number of sulfonamides is 1. The van der Waals surface area contributed by atoms with Crippen molar-refractivity contribution in [2.45, 2.75) is 31.1 Å². The third kappa shape index (κ3) is 6.82. The molecule has 0 aromatic heterocycles. The fraction of sp³-hybridized carbons (Fsp3) is 0.500. The standard InChI is InChI=1S/C26H37N5O3S/c1-2-29-18-20-31(21-19-29)25-9-4-3-8-24(25)28-26(32)22-10-12-23(13-11-22)35(33,34)27-14-7-17-30-15-5-6-16-30/h3-4,8-13,27H,2,5-7,14-21H2,1H3,(H,28,32). The van der Waals surface area contributed by atoms with Crippen molar-refractivity contribution in [1.29, 1.82) is 0 Å². The van der Waals surface area contributed by atoms with Crippen molar-refractivity contribution in [2.24, 2.45) is 0 Å². The Morgan fingerprint density at radius 2 is 1.57 bits per heavy atom. The average molecular weight is 500 g/mol. The lowest BCUT2D eigenvalue weighted by Crippen LogP contribution is -2.46. The smallest absolute Gasteiger partial charge is 0.255 e. The van der Waals surface area contributed by atoms with Crippen molar-refractivity contribution < 1.29 is 13.2 Å². The van der Waals surface area contributed by atoms with E-state index in [0.717, 1.165) is 70.2 Å². The van der Waals surface area contributed by atoms with Gasteiger partial charge in [0.2, 0.25) is 10.0 Å². The summed E-state index contributed by atoms with van der Waals surface area (Å²) in [4.78, 5) is 20.2. The van der Waals surface area contributed by atoms with Gasteiger partial charge in [-0.25, -0.2) is 13.1 Å². The fourth-order valence-corrected chi connectivity index (χ4v) is 5.81. The summed E-state index contributed by atoms with van der Waals surface area (Å²) < 4.78 is 27.9. The maximum atomic E-state index is 12.9. The molecule has 2 fully saturated rings. The first-order valence-corrected chi connectivity index (χ1v) is 14.1. The number of likely N-dealkylation sites (tertiary alicyclic amines) is 1. The van der Waals surface area contributed by atoms with Gasteiger partial charge in [0.1, 0.15) is 0 Å². The molecular formula is C26H37N5O3S. The molecule has 0 spiro atoms. The van der Waals surface area contributed by atoms with Gasteiger partial charge in [-0.15, -0.1) is 0 Å². The van der Waals surface area contributed by atoms with Crippen LogP contribution in [0.4, 0.5) is 11.4 Å². The molecule has 2 aromatic rings. The highest BCUT2D eigenvalue weighted by molar-refractivity contribution is 7.89. The second-order valence-corrected chi connectivity index (χ2v) is 11.0. The van der Waals surface area contributed by atoms with E-state index in [-0.39, 0.29) is 10.8 Å². The monoisotopic (exact) mass is 499 g/mol. The van der Waals surface area contributed by atoms with E-state index in [1.54, 1.807) is 12.1 Å². The van der Waals surface area contributed by atoms with Crippen LogP contribution in [0.15, 0.2) is 53.4 Å². The van der Waals surface area contributed by atoms with Crippen molar-refractivity contribution in [2.75, 3.05) is 69.1 Å². The summed E-state index contributed by atoms with van der Waals surface area (Å²) in [5.74, 6) is -0.257. The number of likely N-dealkylation sites (N-methyl/N-ethyl adjacent to an activating group) is 1. The molecule has 0 radical (unpaired) electrons. The first-order valence-electron chi connectivity index (χ1n) is 12.7. The van der Waals surface area contributed by atoms with Crippen LogP contribution >= 0.6 is 0 Å². The summed E-state index contributed by atoms with van der Waals surface area (Å²) in [5, 5.41) is 3.01. The van der Waals surface area contributed by atoms with Gasteiger partial charge < -0.3 is 20.0 Å². The van der Waals surface area contributed by atoms with Gasteiger partial charge in [-0.1, -0.05) is 19.1 Å². The predicted octanol–water partition coefficient (Wildman–Crippen LogP) is 2.85. The summed E-state index contributed by atoms with van der Waals surface area (Å²) in [5.41, 5.74) is 2.19. The molecule has 2 N–H and O–H groups in total. The van der Waals surface area contributed by atoms with Gasteiger partial charge in [-0.3, -0.25) is 4.79 Å². The predicted molar refractivity (Wildman–Crippen MR) is 141 cm³/mol. The largest absolute Gasteiger partial charge is 0.367 e. The number of nitrogens with one attached hydrogen (secondary N) is 2. The summed E-state index contributed by atoms with van der Waals surface area (Å²) in [6, 6.07) is 13.9. The Kier molecular flexibility index (Phi) is 8.78. The zero-order valence-corrected chi connectivity index (χ0v) is 21.4. The number of rotatable bonds is 10. The lowest BCUT2D eigenvalue weighted by atomic mass is 10.1. The molecule has 1 amide bonds. The number of amides is 1. The summed E-state index contributed by atoms with van der Waals surface area (Å²) in [6.07, 6.45) is 3.24. The van der Waals surface area contributed by atoms with E-state index < -0.39 is 10.0 Å². The van der Waals surface area contributed by atoms with Crippen LogP contribution in [0, 0.1) is 0 Å². The minimum absolute atomic E-state index is 0.171. The molecule has 0 saturated carbocycles. The van der Waals surface area contributed by atoms with Crippen molar-refractivity contribution in [3.05, 3.63) is 54.1 Å². The minimum atomic E-state index is -3.60.